The first-order valence-corrected chi connectivity index (χ1v) is 2.94. The Hall–Kier alpha value is -1.45. The van der Waals surface area contributed by atoms with Gasteiger partial charge in [0.05, 0.1) is 0 Å². The van der Waals surface area contributed by atoms with Crippen molar-refractivity contribution in [2.45, 2.75) is 6.42 Å². The largest absolute Gasteiger partial charge is 0.287 e. The first kappa shape index (κ1) is 5.34. The summed E-state index contributed by atoms with van der Waals surface area (Å²) in [5.41, 5.74) is 4.67. The molecule has 4 heteroatoms. The molecule has 0 aromatic carbocycles. The molecule has 2 aliphatic rings. The number of carbonyl (C=O) groups excluding carboxylic acids is 1. The lowest BCUT2D eigenvalue weighted by Crippen LogP contribution is -2.08. The molecule has 0 saturated heterocycles. The molecule has 1 aliphatic carbocycles. The predicted molar refractivity (Wildman–Crippen MR) is 32.8 cm³/mol. The maximum absolute atomic E-state index is 10.9. The molecule has 1 aliphatic heterocycles. The lowest BCUT2D eigenvalue weighted by molar-refractivity contribution is -0.111. The highest BCUT2D eigenvalue weighted by Gasteiger charge is 2.21. The lowest BCUT2D eigenvalue weighted by atomic mass is 10.1. The van der Waals surface area contributed by atoms with Crippen molar-refractivity contribution < 1.29 is 4.79 Å². The van der Waals surface area contributed by atoms with E-state index >= 15 is 0 Å². The van der Waals surface area contributed by atoms with Crippen molar-refractivity contribution in [3.8, 4) is 0 Å². The molecule has 0 spiro atoms. The quantitative estimate of drug-likeness (QED) is 0.481. The second-order valence-corrected chi connectivity index (χ2v) is 2.06. The molecular formula is C6H4N3O. The molecule has 1 radical (unpaired) electrons. The Morgan fingerprint density at radius 2 is 2.40 bits per heavy atom. The standard InChI is InChI=1S/C6H4N3O/c10-5-3-1-2-4-6(5)8-9-7-4/h1,3H,2H2. The van der Waals surface area contributed by atoms with Crippen LogP contribution in [0.1, 0.15) is 6.42 Å². The Balaban J connectivity index is 2.40. The zero-order valence-electron chi connectivity index (χ0n) is 5.11. The van der Waals surface area contributed by atoms with Crippen molar-refractivity contribution in [2.24, 2.45) is 10.3 Å². The fraction of sp³-hybridized carbons (Fsp3) is 0.167. The molecule has 2 rings (SSSR count). The number of carbonyl (C=O) groups is 1. The van der Waals surface area contributed by atoms with E-state index in [-0.39, 0.29) is 5.78 Å². The van der Waals surface area contributed by atoms with Gasteiger partial charge >= 0.3 is 0 Å². The minimum Gasteiger partial charge on any atom is -0.287 e. The van der Waals surface area contributed by atoms with E-state index in [9.17, 15) is 4.79 Å². The van der Waals surface area contributed by atoms with Gasteiger partial charge < -0.3 is 0 Å². The van der Waals surface area contributed by atoms with Gasteiger partial charge in [0.1, 0.15) is 5.70 Å². The summed E-state index contributed by atoms with van der Waals surface area (Å²) in [6.07, 6.45) is 3.94. The van der Waals surface area contributed by atoms with Gasteiger partial charge in [0.15, 0.2) is 5.70 Å². The number of hydrogen-bond acceptors (Lipinski definition) is 3. The summed E-state index contributed by atoms with van der Waals surface area (Å²) in [6, 6.07) is 0. The highest BCUT2D eigenvalue weighted by Crippen LogP contribution is 2.21. The molecule has 0 saturated carbocycles. The third kappa shape index (κ3) is 0.586. The van der Waals surface area contributed by atoms with Gasteiger partial charge in [-0.3, -0.25) is 4.79 Å². The van der Waals surface area contributed by atoms with E-state index in [1.165, 1.54) is 6.08 Å². The van der Waals surface area contributed by atoms with Crippen molar-refractivity contribution in [2.75, 3.05) is 0 Å². The first-order chi connectivity index (χ1) is 4.88. The summed E-state index contributed by atoms with van der Waals surface area (Å²) in [4.78, 5) is 10.9. The van der Waals surface area contributed by atoms with Gasteiger partial charge in [0.25, 0.3) is 0 Å². The summed E-state index contributed by atoms with van der Waals surface area (Å²) < 4.78 is 0. The summed E-state index contributed by atoms with van der Waals surface area (Å²) in [6.45, 7) is 0. The second kappa shape index (κ2) is 1.76. The number of allylic oxidation sites excluding steroid dienone is 2. The molecule has 4 nitrogen and oxygen atoms in total. The first-order valence-electron chi connectivity index (χ1n) is 2.94. The van der Waals surface area contributed by atoms with Gasteiger partial charge in [-0.1, -0.05) is 6.08 Å². The van der Waals surface area contributed by atoms with E-state index in [2.05, 4.69) is 15.8 Å². The molecule has 49 valence electrons. The van der Waals surface area contributed by atoms with Crippen LogP contribution >= 0.6 is 0 Å². The smallest absolute Gasteiger partial charge is 0.207 e. The Morgan fingerprint density at radius 3 is 3.20 bits per heavy atom. The van der Waals surface area contributed by atoms with E-state index in [1.807, 2.05) is 0 Å². The fourth-order valence-corrected chi connectivity index (χ4v) is 0.912. The topological polar surface area (TPSA) is 55.9 Å². The van der Waals surface area contributed by atoms with Gasteiger partial charge in [-0.05, 0) is 11.3 Å². The zero-order chi connectivity index (χ0) is 6.97. The Labute approximate surface area is 57.3 Å². The third-order valence-electron chi connectivity index (χ3n) is 1.40. The molecular weight excluding hydrogens is 130 g/mol. The molecule has 0 atom stereocenters. The summed E-state index contributed by atoms with van der Waals surface area (Å²) in [5.74, 6) is -0.0914. The SMILES string of the molecule is O=C1C=CCC2=C1[N]N=N2. The van der Waals surface area contributed by atoms with Crippen LogP contribution in [0.2, 0.25) is 0 Å². The fourth-order valence-electron chi connectivity index (χ4n) is 0.912. The highest BCUT2D eigenvalue weighted by molar-refractivity contribution is 6.05. The predicted octanol–water partition coefficient (Wildman–Crippen LogP) is 0.712. The van der Waals surface area contributed by atoms with Crippen molar-refractivity contribution in [1.29, 1.82) is 0 Å². The summed E-state index contributed by atoms with van der Waals surface area (Å²) in [7, 11) is 0. The Bertz CT molecular complexity index is 275. The lowest BCUT2D eigenvalue weighted by Gasteiger charge is -1.99. The normalized spacial score (nSPS) is 21.4. The van der Waals surface area contributed by atoms with Gasteiger partial charge in [0, 0.05) is 6.42 Å². The van der Waals surface area contributed by atoms with Crippen LogP contribution < -0.4 is 5.43 Å². The number of nitrogens with zero attached hydrogens (tertiary/aromatic N) is 3. The molecule has 0 amide bonds. The number of rotatable bonds is 0. The molecule has 0 unspecified atom stereocenters. The molecule has 10 heavy (non-hydrogen) atoms. The van der Waals surface area contributed by atoms with Crippen LogP contribution in [0.3, 0.4) is 0 Å². The Kier molecular flexibility index (Phi) is 0.943. The highest BCUT2D eigenvalue weighted by atomic mass is 16.1. The molecule has 0 bridgehead atoms. The minimum absolute atomic E-state index is 0.0914. The van der Waals surface area contributed by atoms with Gasteiger partial charge in [-0.2, -0.15) is 0 Å². The monoisotopic (exact) mass is 134 g/mol. The Morgan fingerprint density at radius 1 is 1.50 bits per heavy atom. The summed E-state index contributed by atoms with van der Waals surface area (Å²) in [5, 5.41) is 7.07. The van der Waals surface area contributed by atoms with Crippen LogP contribution in [0.25, 0.3) is 0 Å². The van der Waals surface area contributed by atoms with Crippen LogP contribution in [-0.4, -0.2) is 5.78 Å². The van der Waals surface area contributed by atoms with Crippen molar-refractivity contribution in [3.63, 3.8) is 0 Å². The van der Waals surface area contributed by atoms with Crippen molar-refractivity contribution in [1.82, 2.24) is 5.43 Å². The van der Waals surface area contributed by atoms with Crippen LogP contribution in [0.5, 0.6) is 0 Å². The maximum atomic E-state index is 10.9. The van der Waals surface area contributed by atoms with E-state index in [0.29, 0.717) is 17.8 Å². The van der Waals surface area contributed by atoms with Gasteiger partial charge in [-0.25, -0.2) is 0 Å². The second-order valence-electron chi connectivity index (χ2n) is 2.06. The van der Waals surface area contributed by atoms with Crippen molar-refractivity contribution >= 4 is 5.78 Å². The molecule has 0 fully saturated rings. The zero-order valence-corrected chi connectivity index (χ0v) is 5.11. The van der Waals surface area contributed by atoms with Crippen LogP contribution in [0, 0.1) is 0 Å². The minimum atomic E-state index is -0.0914. The van der Waals surface area contributed by atoms with Crippen LogP contribution in [0.15, 0.2) is 33.9 Å². The average molecular weight is 134 g/mol. The van der Waals surface area contributed by atoms with Gasteiger partial charge in [-0.15, -0.1) is 10.5 Å². The van der Waals surface area contributed by atoms with Crippen molar-refractivity contribution in [3.05, 3.63) is 23.5 Å². The van der Waals surface area contributed by atoms with Crippen LogP contribution in [0.4, 0.5) is 0 Å². The van der Waals surface area contributed by atoms with Gasteiger partial charge in [0.2, 0.25) is 5.78 Å². The number of ketones is 1. The third-order valence-corrected chi connectivity index (χ3v) is 1.40. The van der Waals surface area contributed by atoms with E-state index in [1.54, 1.807) is 6.08 Å². The van der Waals surface area contributed by atoms with E-state index < -0.39 is 0 Å². The van der Waals surface area contributed by atoms with E-state index in [0.717, 1.165) is 0 Å². The molecule has 0 aromatic rings. The maximum Gasteiger partial charge on any atom is 0.207 e. The van der Waals surface area contributed by atoms with E-state index in [4.69, 9.17) is 0 Å². The molecule has 0 N–H and O–H groups in total. The number of hydrogen-bond donors (Lipinski definition) is 0. The molecule has 1 heterocycles. The average Bonchev–Trinajstić information content (AvgIpc) is 2.36. The van der Waals surface area contributed by atoms with Crippen LogP contribution in [-0.2, 0) is 4.79 Å². The molecule has 0 aromatic heterocycles. The summed E-state index contributed by atoms with van der Waals surface area (Å²) >= 11 is 0.